The summed E-state index contributed by atoms with van der Waals surface area (Å²) < 4.78 is 0. The largest absolute Gasteiger partial charge is 0.327 e. The van der Waals surface area contributed by atoms with Crippen LogP contribution in [0.3, 0.4) is 0 Å². The number of nitrogens with one attached hydrogen (secondary N) is 1. The lowest BCUT2D eigenvalue weighted by atomic mass is 10.2. The van der Waals surface area contributed by atoms with Crippen molar-refractivity contribution in [3.63, 3.8) is 0 Å². The Bertz CT molecular complexity index is 551. The van der Waals surface area contributed by atoms with Crippen molar-refractivity contribution in [3.05, 3.63) is 42.0 Å². The van der Waals surface area contributed by atoms with Crippen LogP contribution in [0.1, 0.15) is 18.9 Å². The molecule has 0 radical (unpaired) electrons. The molecule has 1 heterocycles. The maximum atomic E-state index is 12.1. The molecule has 20 heavy (non-hydrogen) atoms. The highest BCUT2D eigenvalue weighted by Crippen LogP contribution is 2.12. The molecule has 0 spiro atoms. The normalized spacial score (nSPS) is 18.4. The van der Waals surface area contributed by atoms with Crippen molar-refractivity contribution in [2.24, 2.45) is 0 Å². The molecular formula is C15H16N2O3. The van der Waals surface area contributed by atoms with E-state index in [1.807, 2.05) is 30.3 Å². The number of imide groups is 1. The molecule has 2 rings (SSSR count). The summed E-state index contributed by atoms with van der Waals surface area (Å²) in [5.41, 5.74) is 0.906. The molecule has 104 valence electrons. The van der Waals surface area contributed by atoms with Gasteiger partial charge in [-0.25, -0.2) is 0 Å². The highest BCUT2D eigenvalue weighted by molar-refractivity contribution is 6.07. The van der Waals surface area contributed by atoms with Crippen LogP contribution < -0.4 is 5.32 Å². The van der Waals surface area contributed by atoms with E-state index in [1.54, 1.807) is 13.0 Å². The number of likely N-dealkylation sites (N-methyl/N-ethyl adjacent to an activating group) is 1. The standard InChI is InChI=1S/C15H16N2O3/c1-2-17(12-10-13(18)16-15(12)20)14(19)9-8-11-6-4-3-5-7-11/h3-9,12H,2,10H2,1H3,(H,16,18,20)/b9-8+/t12-/m1/s1. The molecule has 0 bridgehead atoms. The second-order valence-electron chi connectivity index (χ2n) is 4.50. The summed E-state index contributed by atoms with van der Waals surface area (Å²) in [6, 6.07) is 8.72. The predicted octanol–water partition coefficient (Wildman–Crippen LogP) is 0.963. The smallest absolute Gasteiger partial charge is 0.249 e. The first kappa shape index (κ1) is 14.0. The SMILES string of the molecule is CCN(C(=O)/C=C/c1ccccc1)[C@@H]1CC(=O)NC1=O. The Labute approximate surface area is 117 Å². The molecule has 0 unspecified atom stereocenters. The number of nitrogens with zero attached hydrogens (tertiary/aromatic N) is 1. The number of amides is 3. The van der Waals surface area contributed by atoms with Crippen LogP contribution in [0.15, 0.2) is 36.4 Å². The minimum atomic E-state index is -0.694. The third-order valence-corrected chi connectivity index (χ3v) is 3.16. The fourth-order valence-electron chi connectivity index (χ4n) is 2.15. The van der Waals surface area contributed by atoms with Gasteiger partial charge in [0.15, 0.2) is 0 Å². The number of hydrogen-bond acceptors (Lipinski definition) is 3. The van der Waals surface area contributed by atoms with E-state index in [0.717, 1.165) is 5.56 Å². The molecule has 3 amide bonds. The van der Waals surface area contributed by atoms with Crippen LogP contribution in [0.5, 0.6) is 0 Å². The van der Waals surface area contributed by atoms with Crippen molar-refractivity contribution in [2.45, 2.75) is 19.4 Å². The second kappa shape index (κ2) is 6.14. The highest BCUT2D eigenvalue weighted by Gasteiger charge is 2.36. The Kier molecular flexibility index (Phi) is 4.30. The zero-order valence-electron chi connectivity index (χ0n) is 11.2. The average molecular weight is 272 g/mol. The van der Waals surface area contributed by atoms with Gasteiger partial charge in [0, 0.05) is 12.6 Å². The number of hydrogen-bond donors (Lipinski definition) is 1. The van der Waals surface area contributed by atoms with Gasteiger partial charge in [-0.05, 0) is 18.6 Å². The van der Waals surface area contributed by atoms with Crippen LogP contribution in [0.2, 0.25) is 0 Å². The molecule has 1 aromatic carbocycles. The molecule has 5 heteroatoms. The zero-order valence-corrected chi connectivity index (χ0v) is 11.2. The molecular weight excluding hydrogens is 256 g/mol. The quantitative estimate of drug-likeness (QED) is 0.656. The van der Waals surface area contributed by atoms with Crippen LogP contribution in [-0.4, -0.2) is 35.2 Å². The van der Waals surface area contributed by atoms with Crippen LogP contribution in [0.4, 0.5) is 0 Å². The number of benzene rings is 1. The summed E-state index contributed by atoms with van der Waals surface area (Å²) in [5, 5.41) is 2.21. The van der Waals surface area contributed by atoms with Gasteiger partial charge in [0.05, 0.1) is 6.42 Å². The summed E-state index contributed by atoms with van der Waals surface area (Å²) in [7, 11) is 0. The van der Waals surface area contributed by atoms with E-state index in [-0.39, 0.29) is 18.2 Å². The summed E-state index contributed by atoms with van der Waals surface area (Å²) in [4.78, 5) is 36.3. The molecule has 1 atom stereocenters. The first-order valence-corrected chi connectivity index (χ1v) is 6.49. The topological polar surface area (TPSA) is 66.5 Å². The van der Waals surface area contributed by atoms with E-state index in [1.165, 1.54) is 11.0 Å². The summed E-state index contributed by atoms with van der Waals surface area (Å²) in [5.74, 6) is -1.01. The fourth-order valence-corrected chi connectivity index (χ4v) is 2.15. The van der Waals surface area contributed by atoms with Gasteiger partial charge >= 0.3 is 0 Å². The fraction of sp³-hybridized carbons (Fsp3) is 0.267. The average Bonchev–Trinajstić information content (AvgIpc) is 2.77. The maximum absolute atomic E-state index is 12.1. The molecule has 1 aromatic rings. The van der Waals surface area contributed by atoms with E-state index in [0.29, 0.717) is 6.54 Å². The van der Waals surface area contributed by atoms with Gasteiger partial charge < -0.3 is 4.90 Å². The third kappa shape index (κ3) is 3.12. The van der Waals surface area contributed by atoms with Gasteiger partial charge in [-0.2, -0.15) is 0 Å². The molecule has 0 saturated carbocycles. The lowest BCUT2D eigenvalue weighted by Crippen LogP contribution is -2.43. The Hall–Kier alpha value is -2.43. The Morgan fingerprint density at radius 2 is 2.05 bits per heavy atom. The monoisotopic (exact) mass is 272 g/mol. The van der Waals surface area contributed by atoms with Crippen molar-refractivity contribution >= 4 is 23.8 Å². The van der Waals surface area contributed by atoms with Gasteiger partial charge in [0.2, 0.25) is 17.7 Å². The minimum Gasteiger partial charge on any atom is -0.327 e. The first-order valence-electron chi connectivity index (χ1n) is 6.49. The lowest BCUT2D eigenvalue weighted by Gasteiger charge is -2.23. The molecule has 1 aliphatic heterocycles. The van der Waals surface area contributed by atoms with Gasteiger partial charge in [-0.15, -0.1) is 0 Å². The Morgan fingerprint density at radius 3 is 2.60 bits per heavy atom. The van der Waals surface area contributed by atoms with Gasteiger partial charge in [0.25, 0.3) is 0 Å². The molecule has 0 aliphatic carbocycles. The maximum Gasteiger partial charge on any atom is 0.249 e. The Morgan fingerprint density at radius 1 is 1.35 bits per heavy atom. The molecule has 1 fully saturated rings. The van der Waals surface area contributed by atoms with E-state index < -0.39 is 11.9 Å². The number of carbonyl (C=O) groups excluding carboxylic acids is 3. The van der Waals surface area contributed by atoms with Crippen molar-refractivity contribution in [3.8, 4) is 0 Å². The number of carbonyl (C=O) groups is 3. The molecule has 1 N–H and O–H groups in total. The van der Waals surface area contributed by atoms with Gasteiger partial charge in [-0.1, -0.05) is 30.3 Å². The Balaban J connectivity index is 2.08. The second-order valence-corrected chi connectivity index (χ2v) is 4.50. The van der Waals surface area contributed by atoms with Crippen molar-refractivity contribution in [1.29, 1.82) is 0 Å². The molecule has 0 aromatic heterocycles. The molecule has 1 aliphatic rings. The predicted molar refractivity (Wildman–Crippen MR) is 74.4 cm³/mol. The summed E-state index contributed by atoms with van der Waals surface area (Å²) in [6.45, 7) is 2.16. The molecule has 1 saturated heterocycles. The van der Waals surface area contributed by atoms with Crippen LogP contribution in [-0.2, 0) is 14.4 Å². The zero-order chi connectivity index (χ0) is 14.5. The minimum absolute atomic E-state index is 0.0393. The third-order valence-electron chi connectivity index (χ3n) is 3.16. The van der Waals surface area contributed by atoms with Gasteiger partial charge in [-0.3, -0.25) is 19.7 Å². The van der Waals surface area contributed by atoms with E-state index in [4.69, 9.17) is 0 Å². The van der Waals surface area contributed by atoms with E-state index in [2.05, 4.69) is 5.32 Å². The van der Waals surface area contributed by atoms with E-state index >= 15 is 0 Å². The molecule has 5 nitrogen and oxygen atoms in total. The lowest BCUT2D eigenvalue weighted by molar-refractivity contribution is -0.135. The highest BCUT2D eigenvalue weighted by atomic mass is 16.2. The van der Waals surface area contributed by atoms with Crippen molar-refractivity contribution in [1.82, 2.24) is 10.2 Å². The number of rotatable bonds is 4. The summed E-state index contributed by atoms with van der Waals surface area (Å²) in [6.07, 6.45) is 3.16. The van der Waals surface area contributed by atoms with Gasteiger partial charge in [0.1, 0.15) is 6.04 Å². The first-order chi connectivity index (χ1) is 9.61. The van der Waals surface area contributed by atoms with Crippen molar-refractivity contribution < 1.29 is 14.4 Å². The van der Waals surface area contributed by atoms with Crippen molar-refractivity contribution in [2.75, 3.05) is 6.54 Å². The van der Waals surface area contributed by atoms with E-state index in [9.17, 15) is 14.4 Å². The summed E-state index contributed by atoms with van der Waals surface area (Å²) >= 11 is 0. The van der Waals surface area contributed by atoms with Crippen LogP contribution in [0.25, 0.3) is 6.08 Å². The van der Waals surface area contributed by atoms with Crippen LogP contribution >= 0.6 is 0 Å². The van der Waals surface area contributed by atoms with Crippen LogP contribution in [0, 0.1) is 0 Å².